The summed E-state index contributed by atoms with van der Waals surface area (Å²) in [5.41, 5.74) is 5.35. The van der Waals surface area contributed by atoms with E-state index in [0.29, 0.717) is 18.9 Å². The fourth-order valence-corrected chi connectivity index (χ4v) is 1.49. The number of anilines is 1. The molecule has 88 valence electrons. The Hall–Kier alpha value is -1.17. The van der Waals surface area contributed by atoms with Crippen LogP contribution in [0, 0.1) is 5.41 Å². The number of hydrogen-bond acceptors (Lipinski definition) is 4. The first-order chi connectivity index (χ1) is 7.50. The van der Waals surface area contributed by atoms with Gasteiger partial charge in [-0.2, -0.15) is 0 Å². The molecular weight excluding hydrogens is 270 g/mol. The van der Waals surface area contributed by atoms with E-state index in [2.05, 4.69) is 39.7 Å². The first-order valence-electron chi connectivity index (χ1n) is 5.07. The van der Waals surface area contributed by atoms with Crippen LogP contribution in [0.3, 0.4) is 0 Å². The van der Waals surface area contributed by atoms with Gasteiger partial charge in [-0.05, 0) is 29.8 Å². The van der Waals surface area contributed by atoms with Gasteiger partial charge in [-0.15, -0.1) is 0 Å². The lowest BCUT2D eigenvalue weighted by molar-refractivity contribution is 0.667. The second kappa shape index (κ2) is 5.79. The minimum absolute atomic E-state index is 0.183. The molecule has 3 N–H and O–H groups in total. The zero-order valence-electron chi connectivity index (χ0n) is 9.44. The van der Waals surface area contributed by atoms with Crippen molar-refractivity contribution in [3.63, 3.8) is 0 Å². The summed E-state index contributed by atoms with van der Waals surface area (Å²) in [5.74, 6) is 0.849. The van der Waals surface area contributed by atoms with Crippen molar-refractivity contribution in [1.82, 2.24) is 9.97 Å². The summed E-state index contributed by atoms with van der Waals surface area (Å²) in [7, 11) is 0. The van der Waals surface area contributed by atoms with E-state index in [1.54, 1.807) is 12.4 Å². The molecule has 0 amide bonds. The molecule has 0 aliphatic rings. The number of hydrogen-bond donors (Lipinski definition) is 2. The van der Waals surface area contributed by atoms with Gasteiger partial charge in [-0.3, -0.25) is 5.41 Å². The third kappa shape index (κ3) is 3.77. The number of nitrogens with two attached hydrogens (primary N) is 1. The van der Waals surface area contributed by atoms with Crippen molar-refractivity contribution in [3.05, 3.63) is 16.9 Å². The van der Waals surface area contributed by atoms with Crippen LogP contribution in [0.4, 0.5) is 5.95 Å². The molecule has 16 heavy (non-hydrogen) atoms. The van der Waals surface area contributed by atoms with E-state index in [9.17, 15) is 0 Å². The zero-order valence-corrected chi connectivity index (χ0v) is 11.0. The smallest absolute Gasteiger partial charge is 0.225 e. The van der Waals surface area contributed by atoms with Crippen LogP contribution in [0.1, 0.15) is 20.3 Å². The molecule has 0 radical (unpaired) electrons. The Morgan fingerprint density at radius 1 is 1.50 bits per heavy atom. The molecule has 0 bridgehead atoms. The first kappa shape index (κ1) is 12.9. The number of aromatic nitrogens is 2. The fourth-order valence-electron chi connectivity index (χ4n) is 1.28. The summed E-state index contributed by atoms with van der Waals surface area (Å²) in [6.07, 6.45) is 3.95. The zero-order chi connectivity index (χ0) is 12.1. The van der Waals surface area contributed by atoms with Gasteiger partial charge >= 0.3 is 0 Å². The molecule has 0 spiro atoms. The average molecular weight is 286 g/mol. The second-order valence-electron chi connectivity index (χ2n) is 3.76. The summed E-state index contributed by atoms with van der Waals surface area (Å²) >= 11 is 3.30. The largest absolute Gasteiger partial charge is 0.388 e. The highest BCUT2D eigenvalue weighted by Crippen LogP contribution is 2.13. The van der Waals surface area contributed by atoms with E-state index in [-0.39, 0.29) is 11.9 Å². The Labute approximate surface area is 104 Å². The minimum atomic E-state index is 0.183. The molecule has 6 heteroatoms. The highest BCUT2D eigenvalue weighted by molar-refractivity contribution is 9.10. The number of rotatable bonds is 5. The third-order valence-corrected chi connectivity index (χ3v) is 2.52. The van der Waals surface area contributed by atoms with Gasteiger partial charge in [0, 0.05) is 31.4 Å². The molecule has 1 heterocycles. The van der Waals surface area contributed by atoms with Gasteiger partial charge in [0.15, 0.2) is 0 Å². The Kier molecular flexibility index (Phi) is 4.67. The van der Waals surface area contributed by atoms with Crippen molar-refractivity contribution < 1.29 is 0 Å². The van der Waals surface area contributed by atoms with Gasteiger partial charge in [-0.1, -0.05) is 0 Å². The second-order valence-corrected chi connectivity index (χ2v) is 4.68. The van der Waals surface area contributed by atoms with Crippen LogP contribution in [-0.4, -0.2) is 28.4 Å². The average Bonchev–Trinajstić information content (AvgIpc) is 2.20. The lowest BCUT2D eigenvalue weighted by Gasteiger charge is -2.26. The SMILES string of the molecule is CC(C)N(CCC(=N)N)c1ncc(Br)cn1. The molecule has 0 aliphatic carbocycles. The molecular formula is C10H16BrN5. The quantitative estimate of drug-likeness (QED) is 0.639. The predicted molar refractivity (Wildman–Crippen MR) is 68.7 cm³/mol. The number of nitrogens with one attached hydrogen (secondary N) is 1. The van der Waals surface area contributed by atoms with Crippen molar-refractivity contribution in [1.29, 1.82) is 5.41 Å². The van der Waals surface area contributed by atoms with Gasteiger partial charge in [0.2, 0.25) is 5.95 Å². The van der Waals surface area contributed by atoms with Gasteiger partial charge in [-0.25, -0.2) is 9.97 Å². The van der Waals surface area contributed by atoms with Crippen molar-refractivity contribution in [3.8, 4) is 0 Å². The monoisotopic (exact) mass is 285 g/mol. The van der Waals surface area contributed by atoms with Gasteiger partial charge < -0.3 is 10.6 Å². The minimum Gasteiger partial charge on any atom is -0.388 e. The van der Waals surface area contributed by atoms with E-state index in [4.69, 9.17) is 11.1 Å². The summed E-state index contributed by atoms with van der Waals surface area (Å²) in [6.45, 7) is 4.78. The lowest BCUT2D eigenvalue weighted by atomic mass is 10.3. The number of halogens is 1. The van der Waals surface area contributed by atoms with Crippen LogP contribution in [-0.2, 0) is 0 Å². The predicted octanol–water partition coefficient (Wildman–Crippen LogP) is 1.78. The molecule has 0 aliphatic heterocycles. The van der Waals surface area contributed by atoms with Crippen LogP contribution >= 0.6 is 15.9 Å². The molecule has 0 aromatic carbocycles. The highest BCUT2D eigenvalue weighted by atomic mass is 79.9. The molecule has 0 unspecified atom stereocenters. The van der Waals surface area contributed by atoms with Crippen LogP contribution in [0.2, 0.25) is 0 Å². The van der Waals surface area contributed by atoms with Crippen molar-refractivity contribution in [2.24, 2.45) is 5.73 Å². The third-order valence-electron chi connectivity index (χ3n) is 2.11. The summed E-state index contributed by atoms with van der Waals surface area (Å²) in [5, 5.41) is 7.23. The van der Waals surface area contributed by atoms with Crippen molar-refractivity contribution in [2.75, 3.05) is 11.4 Å². The van der Waals surface area contributed by atoms with E-state index >= 15 is 0 Å². The number of nitrogens with zero attached hydrogens (tertiary/aromatic N) is 3. The van der Waals surface area contributed by atoms with Gasteiger partial charge in [0.05, 0.1) is 10.3 Å². The normalized spacial score (nSPS) is 10.5. The molecule has 1 rings (SSSR count). The Bertz CT molecular complexity index is 349. The molecule has 1 aromatic rings. The molecule has 0 saturated carbocycles. The highest BCUT2D eigenvalue weighted by Gasteiger charge is 2.13. The van der Waals surface area contributed by atoms with Crippen LogP contribution in [0.5, 0.6) is 0 Å². The van der Waals surface area contributed by atoms with Crippen LogP contribution in [0.15, 0.2) is 16.9 Å². The van der Waals surface area contributed by atoms with E-state index in [1.807, 2.05) is 4.90 Å². The van der Waals surface area contributed by atoms with Gasteiger partial charge in [0.1, 0.15) is 0 Å². The van der Waals surface area contributed by atoms with E-state index in [0.717, 1.165) is 4.47 Å². The lowest BCUT2D eigenvalue weighted by Crippen LogP contribution is -2.35. The molecule has 1 aromatic heterocycles. The first-order valence-corrected chi connectivity index (χ1v) is 5.87. The number of amidine groups is 1. The van der Waals surface area contributed by atoms with Crippen molar-refractivity contribution >= 4 is 27.7 Å². The maximum atomic E-state index is 7.23. The maximum Gasteiger partial charge on any atom is 0.225 e. The summed E-state index contributed by atoms with van der Waals surface area (Å²) in [6, 6.07) is 0.278. The molecule has 0 atom stereocenters. The molecule has 0 fully saturated rings. The van der Waals surface area contributed by atoms with Crippen LogP contribution < -0.4 is 10.6 Å². The topological polar surface area (TPSA) is 78.9 Å². The standard InChI is InChI=1S/C10H16BrN5/c1-7(2)16(4-3-9(12)13)10-14-5-8(11)6-15-10/h5-7H,3-4H2,1-2H3,(H3,12,13). The van der Waals surface area contributed by atoms with Gasteiger partial charge in [0.25, 0.3) is 0 Å². The van der Waals surface area contributed by atoms with E-state index < -0.39 is 0 Å². The van der Waals surface area contributed by atoms with E-state index in [1.165, 1.54) is 0 Å². The Morgan fingerprint density at radius 2 is 2.06 bits per heavy atom. The summed E-state index contributed by atoms with van der Waals surface area (Å²) in [4.78, 5) is 10.5. The Balaban J connectivity index is 2.77. The summed E-state index contributed by atoms with van der Waals surface area (Å²) < 4.78 is 0.853. The Morgan fingerprint density at radius 3 is 2.50 bits per heavy atom. The van der Waals surface area contributed by atoms with Crippen LogP contribution in [0.25, 0.3) is 0 Å². The maximum absolute atomic E-state index is 7.23. The molecule has 0 saturated heterocycles. The molecule has 5 nitrogen and oxygen atoms in total. The fraction of sp³-hybridized carbons (Fsp3) is 0.500. The van der Waals surface area contributed by atoms with Crippen molar-refractivity contribution in [2.45, 2.75) is 26.3 Å².